The van der Waals surface area contributed by atoms with Gasteiger partial charge < -0.3 is 4.79 Å². The summed E-state index contributed by atoms with van der Waals surface area (Å²) in [5, 5.41) is 2.11. The van der Waals surface area contributed by atoms with Crippen LogP contribution in [0.2, 0.25) is 0 Å². The van der Waals surface area contributed by atoms with Gasteiger partial charge in [0.2, 0.25) is 0 Å². The van der Waals surface area contributed by atoms with Crippen LogP contribution in [0.1, 0.15) is 30.1 Å². The van der Waals surface area contributed by atoms with Crippen LogP contribution < -0.4 is 0 Å². The normalized spacial score (nSPS) is 25.8. The lowest BCUT2D eigenvalue weighted by Gasteiger charge is -2.17. The molecule has 1 aliphatic carbocycles. The molecule has 0 radical (unpaired) electrons. The molecule has 3 rings (SSSR count). The number of fused-ring (bicyclic) bond motifs is 1. The van der Waals surface area contributed by atoms with Crippen molar-refractivity contribution in [1.29, 1.82) is 0 Å². The minimum atomic E-state index is -0.0176. The molecule has 1 fully saturated rings. The zero-order chi connectivity index (χ0) is 14.1. The van der Waals surface area contributed by atoms with Gasteiger partial charge in [-0.2, -0.15) is 0 Å². The molecule has 0 N–H and O–H groups in total. The van der Waals surface area contributed by atoms with Crippen LogP contribution in [0, 0.1) is 17.8 Å². The van der Waals surface area contributed by atoms with Crippen LogP contribution in [0.5, 0.6) is 0 Å². The van der Waals surface area contributed by atoms with Crippen LogP contribution in [0.25, 0.3) is 10.8 Å². The predicted molar refractivity (Wildman–Crippen MR) is 79.7 cm³/mol. The first-order valence-electron chi connectivity index (χ1n) is 7.19. The molecule has 0 aliphatic heterocycles. The van der Waals surface area contributed by atoms with E-state index in [1.54, 1.807) is 0 Å². The Bertz CT molecular complexity index is 654. The van der Waals surface area contributed by atoms with Crippen LogP contribution in [0.15, 0.2) is 42.5 Å². The Balaban J connectivity index is 1.99. The molecule has 2 aromatic rings. The van der Waals surface area contributed by atoms with Crippen molar-refractivity contribution in [2.45, 2.75) is 19.8 Å². The smallest absolute Gasteiger partial charge is 0.166 e. The molecule has 0 aromatic heterocycles. The van der Waals surface area contributed by atoms with E-state index in [-0.39, 0.29) is 23.5 Å². The van der Waals surface area contributed by atoms with Crippen molar-refractivity contribution in [3.05, 3.63) is 48.0 Å². The highest BCUT2D eigenvalue weighted by molar-refractivity contribution is 6.09. The number of carbonyl (C=O) groups excluding carboxylic acids is 2. The van der Waals surface area contributed by atoms with Crippen LogP contribution in [-0.2, 0) is 4.79 Å². The molecule has 20 heavy (non-hydrogen) atoms. The average molecular weight is 266 g/mol. The number of Topliss-reactive ketones (excluding diaryl/α,β-unsaturated/α-hetero) is 1. The summed E-state index contributed by atoms with van der Waals surface area (Å²) in [6.45, 7) is 2.03. The number of benzene rings is 2. The maximum atomic E-state index is 12.8. The van der Waals surface area contributed by atoms with Gasteiger partial charge in [-0.1, -0.05) is 49.4 Å². The fourth-order valence-corrected chi connectivity index (χ4v) is 3.40. The first-order valence-corrected chi connectivity index (χ1v) is 7.19. The third kappa shape index (κ3) is 2.05. The molecule has 2 heteroatoms. The maximum absolute atomic E-state index is 12.8. The summed E-state index contributed by atoms with van der Waals surface area (Å²) < 4.78 is 0. The highest BCUT2D eigenvalue weighted by Gasteiger charge is 2.37. The second-order valence-corrected chi connectivity index (χ2v) is 5.73. The van der Waals surface area contributed by atoms with Gasteiger partial charge in [0.1, 0.15) is 6.29 Å². The Morgan fingerprint density at radius 3 is 2.60 bits per heavy atom. The van der Waals surface area contributed by atoms with Gasteiger partial charge in [0.25, 0.3) is 0 Å². The topological polar surface area (TPSA) is 34.1 Å². The number of ketones is 1. The molecule has 3 atom stereocenters. The first kappa shape index (κ1) is 13.0. The Morgan fingerprint density at radius 2 is 1.85 bits per heavy atom. The average Bonchev–Trinajstić information content (AvgIpc) is 2.87. The highest BCUT2D eigenvalue weighted by Crippen LogP contribution is 2.38. The lowest BCUT2D eigenvalue weighted by atomic mass is 9.85. The fourth-order valence-electron chi connectivity index (χ4n) is 3.40. The summed E-state index contributed by atoms with van der Waals surface area (Å²) in [5.41, 5.74) is 0.798. The zero-order valence-corrected chi connectivity index (χ0v) is 11.6. The summed E-state index contributed by atoms with van der Waals surface area (Å²) in [6.07, 6.45) is 2.68. The third-order valence-electron chi connectivity index (χ3n) is 4.69. The molecule has 0 amide bonds. The Hall–Kier alpha value is -1.96. The summed E-state index contributed by atoms with van der Waals surface area (Å²) in [5.74, 6) is 0.368. The number of rotatable bonds is 3. The molecule has 0 bridgehead atoms. The number of hydrogen-bond donors (Lipinski definition) is 0. The lowest BCUT2D eigenvalue weighted by Crippen LogP contribution is -2.21. The number of hydrogen-bond acceptors (Lipinski definition) is 2. The number of aldehydes is 1. The van der Waals surface area contributed by atoms with Gasteiger partial charge in [-0.3, -0.25) is 4.79 Å². The molecule has 0 saturated heterocycles. The van der Waals surface area contributed by atoms with Crippen LogP contribution >= 0.6 is 0 Å². The summed E-state index contributed by atoms with van der Waals surface area (Å²) in [6, 6.07) is 13.8. The van der Waals surface area contributed by atoms with E-state index in [9.17, 15) is 9.59 Å². The summed E-state index contributed by atoms with van der Waals surface area (Å²) in [4.78, 5) is 23.8. The molecule has 1 saturated carbocycles. The molecule has 2 nitrogen and oxygen atoms in total. The minimum Gasteiger partial charge on any atom is -0.303 e. The molecule has 2 aromatic carbocycles. The predicted octanol–water partition coefficient (Wildman–Crippen LogP) is 3.88. The zero-order valence-electron chi connectivity index (χ0n) is 11.6. The van der Waals surface area contributed by atoms with Crippen molar-refractivity contribution < 1.29 is 9.59 Å². The highest BCUT2D eigenvalue weighted by atomic mass is 16.1. The molecule has 102 valence electrons. The van der Waals surface area contributed by atoms with Crippen molar-refractivity contribution >= 4 is 22.8 Å². The van der Waals surface area contributed by atoms with Gasteiger partial charge in [-0.15, -0.1) is 0 Å². The molecule has 1 aliphatic rings. The molecule has 0 heterocycles. The van der Waals surface area contributed by atoms with Gasteiger partial charge in [0, 0.05) is 17.4 Å². The van der Waals surface area contributed by atoms with Crippen molar-refractivity contribution in [3.63, 3.8) is 0 Å². The molecular weight excluding hydrogens is 248 g/mol. The van der Waals surface area contributed by atoms with Crippen LogP contribution in [0.4, 0.5) is 0 Å². The van der Waals surface area contributed by atoms with E-state index in [1.807, 2.05) is 49.4 Å². The Labute approximate surface area is 118 Å². The monoisotopic (exact) mass is 266 g/mol. The third-order valence-corrected chi connectivity index (χ3v) is 4.69. The van der Waals surface area contributed by atoms with Gasteiger partial charge in [-0.05, 0) is 29.5 Å². The van der Waals surface area contributed by atoms with Gasteiger partial charge in [0.15, 0.2) is 5.78 Å². The van der Waals surface area contributed by atoms with Crippen molar-refractivity contribution in [2.75, 3.05) is 0 Å². The first-order chi connectivity index (χ1) is 9.72. The van der Waals surface area contributed by atoms with E-state index >= 15 is 0 Å². The largest absolute Gasteiger partial charge is 0.303 e. The second-order valence-electron chi connectivity index (χ2n) is 5.73. The van der Waals surface area contributed by atoms with Crippen molar-refractivity contribution in [2.24, 2.45) is 17.8 Å². The summed E-state index contributed by atoms with van der Waals surface area (Å²) in [7, 11) is 0. The standard InChI is InChI=1S/C18H18O2/c1-12-14(11-19)9-10-15(12)18(20)17-8-4-6-13-5-2-3-7-16(13)17/h2-8,11-12,14-15H,9-10H2,1H3/t12-,14-,15-/m1/s1. The number of carbonyl (C=O) groups is 2. The Morgan fingerprint density at radius 1 is 1.10 bits per heavy atom. The summed E-state index contributed by atoms with van der Waals surface area (Å²) >= 11 is 0. The fraction of sp³-hybridized carbons (Fsp3) is 0.333. The van der Waals surface area contributed by atoms with E-state index in [1.165, 1.54) is 0 Å². The second kappa shape index (κ2) is 5.20. The maximum Gasteiger partial charge on any atom is 0.166 e. The van der Waals surface area contributed by atoms with Gasteiger partial charge in [-0.25, -0.2) is 0 Å². The van der Waals surface area contributed by atoms with E-state index in [2.05, 4.69) is 0 Å². The van der Waals surface area contributed by atoms with Crippen LogP contribution in [0.3, 0.4) is 0 Å². The van der Waals surface area contributed by atoms with Gasteiger partial charge in [0.05, 0.1) is 0 Å². The Kier molecular flexibility index (Phi) is 3.39. The van der Waals surface area contributed by atoms with E-state index in [0.717, 1.165) is 35.5 Å². The SMILES string of the molecule is C[C@@H]1[C@@H](C=O)CC[C@H]1C(=O)c1cccc2ccccc12. The minimum absolute atomic E-state index is 0.0176. The van der Waals surface area contributed by atoms with Crippen LogP contribution in [-0.4, -0.2) is 12.1 Å². The van der Waals surface area contributed by atoms with E-state index in [0.29, 0.717) is 0 Å². The molecular formula is C18H18O2. The molecule has 0 unspecified atom stereocenters. The van der Waals surface area contributed by atoms with E-state index < -0.39 is 0 Å². The van der Waals surface area contributed by atoms with Crippen molar-refractivity contribution in [3.8, 4) is 0 Å². The lowest BCUT2D eigenvalue weighted by molar-refractivity contribution is -0.111. The van der Waals surface area contributed by atoms with E-state index in [4.69, 9.17) is 0 Å². The van der Waals surface area contributed by atoms with Crippen molar-refractivity contribution in [1.82, 2.24) is 0 Å². The van der Waals surface area contributed by atoms with Gasteiger partial charge >= 0.3 is 0 Å². The quantitative estimate of drug-likeness (QED) is 0.624. The molecule has 0 spiro atoms.